The fourth-order valence-corrected chi connectivity index (χ4v) is 5.45. The smallest absolute Gasteiger partial charge is 0.225 e. The standard InChI is InChI=1S/C34H37N2/c1-22(2)29-20-27(26-15-9-8-10-16-26)21-30(23(3)4)33(29)36-32-19-12-11-18-31(32)35(7)34(36)28-17-13-14-24(5)25(28)6/h8-23H,1-7H3/q+1. The molecule has 0 saturated carbocycles. The molecular formula is C34H37N2+. The van der Waals surface area contributed by atoms with Crippen LogP contribution in [0.2, 0.25) is 0 Å². The summed E-state index contributed by atoms with van der Waals surface area (Å²) in [6.45, 7) is 13.7. The first-order chi connectivity index (χ1) is 17.3. The largest absolute Gasteiger partial charge is 0.295 e. The minimum atomic E-state index is 0.374. The van der Waals surface area contributed by atoms with E-state index in [0.717, 1.165) is 0 Å². The Hall–Kier alpha value is -3.65. The number of aryl methyl sites for hydroxylation is 2. The summed E-state index contributed by atoms with van der Waals surface area (Å²) in [6, 6.07) is 31.1. The van der Waals surface area contributed by atoms with Crippen LogP contribution in [0.25, 0.3) is 39.2 Å². The first kappa shape index (κ1) is 24.1. The molecule has 0 radical (unpaired) electrons. The van der Waals surface area contributed by atoms with Gasteiger partial charge in [-0.05, 0) is 78.3 Å². The molecule has 0 spiro atoms. The number of benzene rings is 4. The third-order valence-electron chi connectivity index (χ3n) is 7.60. The van der Waals surface area contributed by atoms with Crippen molar-refractivity contribution < 1.29 is 4.57 Å². The van der Waals surface area contributed by atoms with Crippen molar-refractivity contribution in [2.45, 2.75) is 53.4 Å². The third-order valence-corrected chi connectivity index (χ3v) is 7.60. The first-order valence-corrected chi connectivity index (χ1v) is 13.1. The molecule has 0 amide bonds. The summed E-state index contributed by atoms with van der Waals surface area (Å²) in [5.41, 5.74) is 13.1. The quantitative estimate of drug-likeness (QED) is 0.226. The Bertz CT molecular complexity index is 1520. The molecule has 0 aliphatic rings. The van der Waals surface area contributed by atoms with E-state index >= 15 is 0 Å². The van der Waals surface area contributed by atoms with E-state index in [9.17, 15) is 0 Å². The predicted molar refractivity (Wildman–Crippen MR) is 153 cm³/mol. The number of hydrogen-bond donors (Lipinski definition) is 0. The molecule has 0 unspecified atom stereocenters. The molecule has 5 rings (SSSR count). The molecule has 0 aliphatic carbocycles. The SMILES string of the molecule is Cc1cccc(-c2n(-c3c(C(C)C)cc(-c4ccccc4)cc3C(C)C)c3ccccc3[n+]2C)c1C. The summed E-state index contributed by atoms with van der Waals surface area (Å²) in [5.74, 6) is 1.98. The Labute approximate surface area is 215 Å². The van der Waals surface area contributed by atoms with Crippen LogP contribution in [0, 0.1) is 13.8 Å². The molecule has 0 N–H and O–H groups in total. The van der Waals surface area contributed by atoms with E-state index in [1.165, 1.54) is 61.5 Å². The third kappa shape index (κ3) is 3.95. The van der Waals surface area contributed by atoms with Gasteiger partial charge >= 0.3 is 0 Å². The predicted octanol–water partition coefficient (Wildman–Crippen LogP) is 8.65. The molecule has 36 heavy (non-hydrogen) atoms. The molecule has 2 heteroatoms. The van der Waals surface area contributed by atoms with Crippen LogP contribution < -0.4 is 4.57 Å². The average Bonchev–Trinajstić information content (AvgIpc) is 3.17. The van der Waals surface area contributed by atoms with Crippen LogP contribution in [-0.2, 0) is 7.05 Å². The second-order valence-corrected chi connectivity index (χ2v) is 10.6. The van der Waals surface area contributed by atoms with E-state index in [4.69, 9.17) is 0 Å². The molecule has 1 heterocycles. The summed E-state index contributed by atoms with van der Waals surface area (Å²) in [5, 5.41) is 0. The highest BCUT2D eigenvalue weighted by Gasteiger charge is 2.31. The van der Waals surface area contributed by atoms with Gasteiger partial charge in [0.1, 0.15) is 5.69 Å². The van der Waals surface area contributed by atoms with Crippen LogP contribution in [-0.4, -0.2) is 4.57 Å². The lowest BCUT2D eigenvalue weighted by Gasteiger charge is -2.21. The van der Waals surface area contributed by atoms with Gasteiger partial charge in [0.15, 0.2) is 11.0 Å². The number of fused-ring (bicyclic) bond motifs is 1. The van der Waals surface area contributed by atoms with Gasteiger partial charge in [-0.3, -0.25) is 0 Å². The number of hydrogen-bond acceptors (Lipinski definition) is 0. The van der Waals surface area contributed by atoms with Crippen molar-refractivity contribution in [3.8, 4) is 28.2 Å². The molecule has 5 aromatic rings. The summed E-state index contributed by atoms with van der Waals surface area (Å²) in [6.07, 6.45) is 0. The van der Waals surface area contributed by atoms with Gasteiger partial charge in [-0.25, -0.2) is 4.57 Å². The van der Waals surface area contributed by atoms with Gasteiger partial charge in [-0.15, -0.1) is 0 Å². The Balaban J connectivity index is 1.95. The lowest BCUT2D eigenvalue weighted by atomic mass is 9.88. The van der Waals surface area contributed by atoms with Crippen LogP contribution in [0.15, 0.2) is 84.9 Å². The molecule has 4 aromatic carbocycles. The summed E-state index contributed by atoms with van der Waals surface area (Å²) >= 11 is 0. The van der Waals surface area contributed by atoms with Crippen molar-refractivity contribution >= 4 is 11.0 Å². The minimum absolute atomic E-state index is 0.374. The van der Waals surface area contributed by atoms with Gasteiger partial charge in [0.2, 0.25) is 0 Å². The zero-order chi connectivity index (χ0) is 25.6. The summed E-state index contributed by atoms with van der Waals surface area (Å²) < 4.78 is 4.91. The van der Waals surface area contributed by atoms with Gasteiger partial charge in [0.05, 0.1) is 12.6 Å². The van der Waals surface area contributed by atoms with E-state index in [1.807, 2.05) is 0 Å². The van der Waals surface area contributed by atoms with E-state index in [1.54, 1.807) is 0 Å². The summed E-state index contributed by atoms with van der Waals surface area (Å²) in [7, 11) is 2.21. The van der Waals surface area contributed by atoms with E-state index in [-0.39, 0.29) is 0 Å². The maximum absolute atomic E-state index is 2.54. The average molecular weight is 474 g/mol. The van der Waals surface area contributed by atoms with Crippen LogP contribution in [0.3, 0.4) is 0 Å². The molecule has 1 aromatic heterocycles. The molecular weight excluding hydrogens is 436 g/mol. The topological polar surface area (TPSA) is 8.81 Å². The van der Waals surface area contributed by atoms with Gasteiger partial charge in [-0.1, -0.05) is 82.3 Å². The van der Waals surface area contributed by atoms with Crippen molar-refractivity contribution in [1.29, 1.82) is 0 Å². The van der Waals surface area contributed by atoms with Crippen molar-refractivity contribution in [3.05, 3.63) is 107 Å². The maximum Gasteiger partial charge on any atom is 0.295 e. The van der Waals surface area contributed by atoms with Crippen molar-refractivity contribution in [2.75, 3.05) is 0 Å². The molecule has 182 valence electrons. The fourth-order valence-electron chi connectivity index (χ4n) is 5.45. The number of aromatic nitrogens is 2. The van der Waals surface area contributed by atoms with Gasteiger partial charge in [0, 0.05) is 11.1 Å². The Kier molecular flexibility index (Phi) is 6.30. The molecule has 0 bridgehead atoms. The van der Waals surface area contributed by atoms with E-state index in [2.05, 4.69) is 143 Å². The van der Waals surface area contributed by atoms with Crippen LogP contribution in [0.1, 0.15) is 61.8 Å². The highest BCUT2D eigenvalue weighted by atomic mass is 15.2. The lowest BCUT2D eigenvalue weighted by molar-refractivity contribution is -0.633. The lowest BCUT2D eigenvalue weighted by Crippen LogP contribution is -2.30. The van der Waals surface area contributed by atoms with E-state index in [0.29, 0.717) is 11.8 Å². The second-order valence-electron chi connectivity index (χ2n) is 10.6. The molecule has 0 atom stereocenters. The van der Waals surface area contributed by atoms with Gasteiger partial charge in [0.25, 0.3) is 5.82 Å². The highest BCUT2D eigenvalue weighted by Crippen LogP contribution is 2.40. The first-order valence-electron chi connectivity index (χ1n) is 13.1. The number of para-hydroxylation sites is 2. The molecule has 0 fully saturated rings. The molecule has 0 aliphatic heterocycles. The number of nitrogens with zero attached hydrogens (tertiary/aromatic N) is 2. The Morgan fingerprint density at radius 1 is 0.667 bits per heavy atom. The van der Waals surface area contributed by atoms with Crippen molar-refractivity contribution in [2.24, 2.45) is 7.05 Å². The minimum Gasteiger partial charge on any atom is -0.225 e. The number of imidazole rings is 1. The zero-order valence-electron chi connectivity index (χ0n) is 22.6. The van der Waals surface area contributed by atoms with Gasteiger partial charge in [-0.2, -0.15) is 4.57 Å². The van der Waals surface area contributed by atoms with E-state index < -0.39 is 0 Å². The van der Waals surface area contributed by atoms with Gasteiger partial charge < -0.3 is 0 Å². The second kappa shape index (κ2) is 9.43. The number of rotatable bonds is 5. The Morgan fingerprint density at radius 2 is 1.28 bits per heavy atom. The summed E-state index contributed by atoms with van der Waals surface area (Å²) in [4.78, 5) is 0. The zero-order valence-corrected chi connectivity index (χ0v) is 22.6. The highest BCUT2D eigenvalue weighted by molar-refractivity contribution is 5.82. The molecule has 0 saturated heterocycles. The fraction of sp³-hybridized carbons (Fsp3) is 0.265. The van der Waals surface area contributed by atoms with Crippen molar-refractivity contribution in [1.82, 2.24) is 4.57 Å². The van der Waals surface area contributed by atoms with Crippen LogP contribution in [0.5, 0.6) is 0 Å². The maximum atomic E-state index is 2.54. The van der Waals surface area contributed by atoms with Crippen molar-refractivity contribution in [3.63, 3.8) is 0 Å². The molecule has 2 nitrogen and oxygen atoms in total. The Morgan fingerprint density at radius 3 is 1.92 bits per heavy atom. The monoisotopic (exact) mass is 473 g/mol. The van der Waals surface area contributed by atoms with Crippen LogP contribution in [0.4, 0.5) is 0 Å². The normalized spacial score (nSPS) is 11.7. The van der Waals surface area contributed by atoms with Crippen LogP contribution >= 0.6 is 0 Å².